The molecule has 4 aromatic rings. The van der Waals surface area contributed by atoms with Crippen LogP contribution < -0.4 is 5.32 Å². The van der Waals surface area contributed by atoms with Crippen molar-refractivity contribution in [1.29, 1.82) is 0 Å². The summed E-state index contributed by atoms with van der Waals surface area (Å²) in [4.78, 5) is 19.6. The first-order valence-corrected chi connectivity index (χ1v) is 8.78. The van der Waals surface area contributed by atoms with Gasteiger partial charge in [0.1, 0.15) is 28.3 Å². The van der Waals surface area contributed by atoms with Crippen LogP contribution >= 0.6 is 0 Å². The van der Waals surface area contributed by atoms with E-state index < -0.39 is 46.6 Å². The van der Waals surface area contributed by atoms with Crippen molar-refractivity contribution in [3.05, 3.63) is 59.7 Å². The van der Waals surface area contributed by atoms with Gasteiger partial charge in [0.05, 0.1) is 6.26 Å². The Balaban J connectivity index is 1.81. The summed E-state index contributed by atoms with van der Waals surface area (Å²) in [6.45, 7) is 0. The second-order valence-corrected chi connectivity index (χ2v) is 6.57. The van der Waals surface area contributed by atoms with E-state index in [4.69, 9.17) is 4.42 Å². The molecule has 1 amide bonds. The first-order chi connectivity index (χ1) is 15.0. The summed E-state index contributed by atoms with van der Waals surface area (Å²) in [5.41, 5.74) is -3.39. The van der Waals surface area contributed by atoms with Crippen molar-refractivity contribution in [2.75, 3.05) is 5.32 Å². The van der Waals surface area contributed by atoms with Crippen LogP contribution in [0.15, 0.2) is 47.3 Å². The van der Waals surface area contributed by atoms with Gasteiger partial charge in [0.15, 0.2) is 5.58 Å². The number of nitrogens with zero attached hydrogens (tertiary/aromatic N) is 4. The molecule has 32 heavy (non-hydrogen) atoms. The van der Waals surface area contributed by atoms with Gasteiger partial charge in [-0.3, -0.25) is 19.4 Å². The third-order valence-electron chi connectivity index (χ3n) is 4.47. The third kappa shape index (κ3) is 3.76. The van der Waals surface area contributed by atoms with Gasteiger partial charge in [-0.15, -0.1) is 0 Å². The van der Waals surface area contributed by atoms with Crippen molar-refractivity contribution in [3.8, 4) is 11.3 Å². The predicted molar refractivity (Wildman–Crippen MR) is 98.4 cm³/mol. The molecule has 0 unspecified atom stereocenters. The molecule has 4 aromatic heterocycles. The zero-order valence-corrected chi connectivity index (χ0v) is 15.9. The molecule has 0 bridgehead atoms. The van der Waals surface area contributed by atoms with Crippen LogP contribution in [0.1, 0.15) is 21.6 Å². The molecule has 0 spiro atoms. The number of carbonyl (C=O) groups excluding carboxylic acids is 1. The lowest BCUT2D eigenvalue weighted by Gasteiger charge is -2.12. The van der Waals surface area contributed by atoms with Crippen molar-refractivity contribution in [3.63, 3.8) is 0 Å². The molecule has 0 fully saturated rings. The molecule has 4 rings (SSSR count). The highest BCUT2D eigenvalue weighted by atomic mass is 19.4. The van der Waals surface area contributed by atoms with Gasteiger partial charge in [-0.05, 0) is 18.2 Å². The molecule has 7 nitrogen and oxygen atoms in total. The average Bonchev–Trinajstić information content (AvgIpc) is 3.31. The van der Waals surface area contributed by atoms with Crippen molar-refractivity contribution >= 4 is 22.8 Å². The Bertz CT molecular complexity index is 1320. The Morgan fingerprint density at radius 3 is 2.44 bits per heavy atom. The van der Waals surface area contributed by atoms with E-state index in [0.717, 1.165) is 24.0 Å². The fraction of sp³-hybridized carbons (Fsp3) is 0.158. The minimum Gasteiger partial charge on any atom is -0.462 e. The number of alkyl halides is 6. The first kappa shape index (κ1) is 21.3. The Kier molecular flexibility index (Phi) is 4.90. The fourth-order valence-corrected chi connectivity index (χ4v) is 3.09. The first-order valence-electron chi connectivity index (χ1n) is 8.78. The van der Waals surface area contributed by atoms with Crippen LogP contribution in [0.5, 0.6) is 0 Å². The molecule has 0 saturated heterocycles. The van der Waals surface area contributed by atoms with E-state index in [9.17, 15) is 31.1 Å². The van der Waals surface area contributed by atoms with Crippen LogP contribution in [0.2, 0.25) is 0 Å². The summed E-state index contributed by atoms with van der Waals surface area (Å²) < 4.78 is 86.6. The largest absolute Gasteiger partial charge is 0.462 e. The number of halogens is 6. The topological polar surface area (TPSA) is 85.8 Å². The number of hydrogen-bond donors (Lipinski definition) is 1. The number of carbonyl (C=O) groups is 1. The van der Waals surface area contributed by atoms with Crippen LogP contribution in [0.4, 0.5) is 32.2 Å². The van der Waals surface area contributed by atoms with Crippen LogP contribution in [-0.2, 0) is 19.4 Å². The maximum absolute atomic E-state index is 14.0. The Labute approximate surface area is 174 Å². The van der Waals surface area contributed by atoms with Crippen LogP contribution in [0.3, 0.4) is 0 Å². The molecule has 13 heteroatoms. The predicted octanol–water partition coefficient (Wildman–Crippen LogP) is 4.91. The molecule has 0 aliphatic rings. The second-order valence-electron chi connectivity index (χ2n) is 6.57. The van der Waals surface area contributed by atoms with Gasteiger partial charge < -0.3 is 9.73 Å². The summed E-state index contributed by atoms with van der Waals surface area (Å²) in [6.07, 6.45) is -6.54. The smallest absolute Gasteiger partial charge is 0.433 e. The highest BCUT2D eigenvalue weighted by Crippen LogP contribution is 2.43. The van der Waals surface area contributed by atoms with Gasteiger partial charge in [0.2, 0.25) is 0 Å². The molecular weight excluding hydrogens is 444 g/mol. The number of amides is 1. The number of aryl methyl sites for hydroxylation is 1. The van der Waals surface area contributed by atoms with E-state index in [1.54, 1.807) is 0 Å². The highest BCUT2D eigenvalue weighted by Gasteiger charge is 2.41. The zero-order valence-electron chi connectivity index (χ0n) is 15.9. The monoisotopic (exact) mass is 455 g/mol. The zero-order chi connectivity index (χ0) is 23.3. The number of aromatic nitrogens is 4. The van der Waals surface area contributed by atoms with E-state index in [0.29, 0.717) is 11.6 Å². The number of pyridine rings is 2. The van der Waals surface area contributed by atoms with Crippen molar-refractivity contribution in [2.45, 2.75) is 12.4 Å². The Morgan fingerprint density at radius 2 is 1.75 bits per heavy atom. The minimum atomic E-state index is -4.97. The van der Waals surface area contributed by atoms with Crippen LogP contribution in [0, 0.1) is 0 Å². The highest BCUT2D eigenvalue weighted by molar-refractivity contribution is 6.05. The van der Waals surface area contributed by atoms with E-state index in [2.05, 4.69) is 15.1 Å². The molecule has 4 heterocycles. The molecular formula is C19H11F6N5O2. The molecule has 0 aliphatic carbocycles. The number of nitrogens with one attached hydrogen (secondary N) is 1. The standard InChI is InChI=1S/C19H11F6N5O2/c1-30-16(28-17(31)9-2-5-27-12(8-9)18(20,21)22)13(19(23,24)25)14(29-30)10-3-6-26-11-4-7-32-15(10)11/h2-8H,1H3,(H,28,31). The van der Waals surface area contributed by atoms with E-state index in [1.165, 1.54) is 24.6 Å². The number of hydrogen-bond acceptors (Lipinski definition) is 5. The number of anilines is 1. The molecule has 0 aromatic carbocycles. The Hall–Kier alpha value is -3.90. The minimum absolute atomic E-state index is 0.0216. The number of furan rings is 1. The van der Waals surface area contributed by atoms with Gasteiger partial charge in [-0.25, -0.2) is 0 Å². The molecule has 166 valence electrons. The van der Waals surface area contributed by atoms with Gasteiger partial charge in [-0.1, -0.05) is 0 Å². The van der Waals surface area contributed by atoms with E-state index in [1.807, 2.05) is 5.32 Å². The molecule has 0 aliphatic heterocycles. The summed E-state index contributed by atoms with van der Waals surface area (Å²) in [5.74, 6) is -1.95. The van der Waals surface area contributed by atoms with Gasteiger partial charge in [0.25, 0.3) is 5.91 Å². The van der Waals surface area contributed by atoms with Crippen LogP contribution in [0.25, 0.3) is 22.4 Å². The summed E-state index contributed by atoms with van der Waals surface area (Å²) in [6, 6.07) is 4.12. The normalized spacial score (nSPS) is 12.3. The molecule has 0 atom stereocenters. The van der Waals surface area contributed by atoms with Crippen molar-refractivity contribution < 1.29 is 35.6 Å². The lowest BCUT2D eigenvalue weighted by molar-refractivity contribution is -0.141. The summed E-state index contributed by atoms with van der Waals surface area (Å²) in [7, 11) is 1.16. The third-order valence-corrected chi connectivity index (χ3v) is 4.47. The van der Waals surface area contributed by atoms with Gasteiger partial charge >= 0.3 is 12.4 Å². The van der Waals surface area contributed by atoms with E-state index in [-0.39, 0.29) is 11.1 Å². The van der Waals surface area contributed by atoms with E-state index >= 15 is 0 Å². The maximum atomic E-state index is 14.0. The molecule has 1 N–H and O–H groups in total. The van der Waals surface area contributed by atoms with Crippen molar-refractivity contribution in [2.24, 2.45) is 7.05 Å². The average molecular weight is 455 g/mol. The quantitative estimate of drug-likeness (QED) is 0.444. The lowest BCUT2D eigenvalue weighted by Crippen LogP contribution is -2.19. The molecule has 0 radical (unpaired) electrons. The van der Waals surface area contributed by atoms with Crippen LogP contribution in [-0.4, -0.2) is 25.7 Å². The fourth-order valence-electron chi connectivity index (χ4n) is 3.09. The van der Waals surface area contributed by atoms with Gasteiger partial charge in [-0.2, -0.15) is 31.4 Å². The van der Waals surface area contributed by atoms with Gasteiger partial charge in [0, 0.05) is 36.6 Å². The number of fused-ring (bicyclic) bond motifs is 1. The summed E-state index contributed by atoms with van der Waals surface area (Å²) >= 11 is 0. The molecule has 0 saturated carbocycles. The lowest BCUT2D eigenvalue weighted by atomic mass is 10.1. The SMILES string of the molecule is Cn1nc(-c2ccnc3ccoc23)c(C(F)(F)F)c1NC(=O)c1ccnc(C(F)(F)F)c1. The number of rotatable bonds is 3. The van der Waals surface area contributed by atoms with Crippen molar-refractivity contribution in [1.82, 2.24) is 19.7 Å². The Morgan fingerprint density at radius 1 is 1.03 bits per heavy atom. The second kappa shape index (κ2) is 7.35. The summed E-state index contributed by atoms with van der Waals surface area (Å²) in [5, 5.41) is 5.89. The maximum Gasteiger partial charge on any atom is 0.433 e.